The first kappa shape index (κ1) is 57.4. The first-order chi connectivity index (χ1) is 35.6. The summed E-state index contributed by atoms with van der Waals surface area (Å²) in [6, 6.07) is 21.1. The molecule has 2 amide bonds. The summed E-state index contributed by atoms with van der Waals surface area (Å²) in [7, 11) is 0. The van der Waals surface area contributed by atoms with Gasteiger partial charge in [0.05, 0.1) is 61.3 Å². The predicted molar refractivity (Wildman–Crippen MR) is 287 cm³/mol. The van der Waals surface area contributed by atoms with Gasteiger partial charge in [-0.15, -0.1) is 13.2 Å². The number of rotatable bonds is 28. The van der Waals surface area contributed by atoms with Crippen molar-refractivity contribution in [3.63, 3.8) is 0 Å². The normalized spacial score (nSPS) is 11.8. The average Bonchev–Trinajstić information content (AvgIpc) is 3.81. The molecule has 6 aromatic rings. The lowest BCUT2D eigenvalue weighted by atomic mass is 9.92. The van der Waals surface area contributed by atoms with E-state index in [9.17, 15) is 22.8 Å². The Morgan fingerprint density at radius 3 is 2.33 bits per heavy atom. The van der Waals surface area contributed by atoms with E-state index in [4.69, 9.17) is 32.3 Å². The molecule has 0 fully saturated rings. The molecular weight excluding hydrogens is 1010 g/mol. The molecule has 0 aliphatic rings. The highest BCUT2D eigenvalue weighted by molar-refractivity contribution is 7.17. The monoisotopic (exact) mass is 1070 g/mol. The smallest absolute Gasteiger partial charge is 0.406 e. The molecule has 0 saturated carbocycles. The maximum atomic E-state index is 13.3. The van der Waals surface area contributed by atoms with Crippen molar-refractivity contribution < 1.29 is 37.0 Å². The van der Waals surface area contributed by atoms with Crippen LogP contribution in [0.3, 0.4) is 0 Å². The summed E-state index contributed by atoms with van der Waals surface area (Å²) in [5.41, 5.74) is 3.12. The zero-order valence-electron chi connectivity index (χ0n) is 42.5. The molecule has 6 rings (SSSR count). The highest BCUT2D eigenvalue weighted by Gasteiger charge is 2.31. The lowest BCUT2D eigenvalue weighted by Crippen LogP contribution is -2.45. The van der Waals surface area contributed by atoms with Gasteiger partial charge >= 0.3 is 6.36 Å². The van der Waals surface area contributed by atoms with Gasteiger partial charge in [-0.25, -0.2) is 29.9 Å². The van der Waals surface area contributed by atoms with Crippen molar-refractivity contribution in [3.8, 4) is 17.0 Å². The molecule has 0 aliphatic heterocycles. The number of nitrogens with one attached hydrogen (secondary N) is 7. The van der Waals surface area contributed by atoms with Gasteiger partial charge in [-0.1, -0.05) is 74.9 Å². The van der Waals surface area contributed by atoms with Crippen molar-refractivity contribution in [1.82, 2.24) is 40.6 Å². The quantitative estimate of drug-likeness (QED) is 0.00988. The largest absolute Gasteiger partial charge is 0.573 e. The van der Waals surface area contributed by atoms with Crippen LogP contribution >= 0.6 is 22.9 Å². The number of aromatic nitrogens is 5. The summed E-state index contributed by atoms with van der Waals surface area (Å²) in [4.78, 5) is 48.4. The van der Waals surface area contributed by atoms with Gasteiger partial charge in [0.25, 0.3) is 11.8 Å². The summed E-state index contributed by atoms with van der Waals surface area (Å²) in [5.74, 6) is 7.51. The van der Waals surface area contributed by atoms with Crippen molar-refractivity contribution in [2.75, 3.05) is 87.0 Å². The standard InChI is InChI=1S/C51H62ClF3N14O5S/c1-32-9-7-12-39(52)45(32)68-47(71)41-24-60-48(75-41)67-44-23-43(64-33(2)65-44)59-18-17-58-19-20-72-26-36(56)25-69(57)28-50(5,6)30-73-29-49(3,4)27-61-46(70)35-11-8-10-34(21-35)40-22-42(63-31-62-40)66-37-13-15-38(16-14-37)74-51(53,54)55/h7-16,21-24,31,56,58H,17-20,25-30,57H2,1-6H3,(H,61,70)(H,68,71)(H,62,63,66)(H2,59,60,64,65,67). The number of carbonyl (C=O) groups excluding carboxylic acids is 2. The maximum absolute atomic E-state index is 13.3. The summed E-state index contributed by atoms with van der Waals surface area (Å²) in [6.07, 6.45) is -1.94. The molecule has 0 bridgehead atoms. The fourth-order valence-corrected chi connectivity index (χ4v) is 8.27. The Morgan fingerprint density at radius 1 is 0.827 bits per heavy atom. The van der Waals surface area contributed by atoms with Crippen molar-refractivity contribution in [2.45, 2.75) is 47.9 Å². The van der Waals surface area contributed by atoms with E-state index in [1.807, 2.05) is 52.8 Å². The second-order valence-electron chi connectivity index (χ2n) is 19.0. The van der Waals surface area contributed by atoms with Crippen LogP contribution in [-0.4, -0.2) is 120 Å². The predicted octanol–water partition coefficient (Wildman–Crippen LogP) is 9.01. The lowest BCUT2D eigenvalue weighted by molar-refractivity contribution is -0.274. The van der Waals surface area contributed by atoms with E-state index in [1.54, 1.807) is 48.3 Å². The van der Waals surface area contributed by atoms with E-state index in [0.717, 1.165) is 5.56 Å². The van der Waals surface area contributed by atoms with Gasteiger partial charge in [0.1, 0.15) is 40.2 Å². The fourth-order valence-electron chi connectivity index (χ4n) is 7.29. The molecule has 19 nitrogen and oxygen atoms in total. The van der Waals surface area contributed by atoms with E-state index >= 15 is 0 Å². The number of carbonyl (C=O) groups is 2. The van der Waals surface area contributed by atoms with Crippen LogP contribution < -0.4 is 42.5 Å². The first-order valence-electron chi connectivity index (χ1n) is 23.7. The van der Waals surface area contributed by atoms with Gasteiger partial charge in [0.2, 0.25) is 0 Å². The number of aryl methyl sites for hydroxylation is 2. The van der Waals surface area contributed by atoms with Crippen LogP contribution in [-0.2, 0) is 9.47 Å². The molecule has 0 unspecified atom stereocenters. The second kappa shape index (κ2) is 26.6. The number of hydrogen-bond donors (Lipinski definition) is 8. The van der Waals surface area contributed by atoms with Gasteiger partial charge in [-0.05, 0) is 61.9 Å². The lowest BCUT2D eigenvalue weighted by Gasteiger charge is -2.32. The van der Waals surface area contributed by atoms with Crippen LogP contribution in [0.4, 0.5) is 47.1 Å². The Labute approximate surface area is 442 Å². The minimum atomic E-state index is -4.79. The number of halogens is 4. The topological polar surface area (TPSA) is 252 Å². The Hall–Kier alpha value is -6.86. The number of alkyl halides is 3. The number of hydrazine groups is 1. The third kappa shape index (κ3) is 19.4. The average molecular weight is 1080 g/mol. The van der Waals surface area contributed by atoms with Gasteiger partial charge in [-0.2, -0.15) is 0 Å². The molecule has 9 N–H and O–H groups in total. The Balaban J connectivity index is 0.822. The van der Waals surface area contributed by atoms with Crippen molar-refractivity contribution in [2.24, 2.45) is 16.7 Å². The number of ether oxygens (including phenoxy) is 3. The van der Waals surface area contributed by atoms with Crippen molar-refractivity contribution >= 4 is 74.4 Å². The summed E-state index contributed by atoms with van der Waals surface area (Å²) < 4.78 is 53.4. The summed E-state index contributed by atoms with van der Waals surface area (Å²) in [5, 5.41) is 29.6. The molecular formula is C51H62ClF3N14O5S. The SMILES string of the molecule is Cc1nc(NCCNCCOCC(=N)CN(N)CC(C)(C)COCC(C)(C)CNC(=O)c2cccc(-c3cc(Nc4ccc(OC(F)(F)F)cc4)ncn3)c2)cc(Nc2ncc(C(=O)Nc3c(C)cccc3Cl)s2)n1. The van der Waals surface area contributed by atoms with Crippen LogP contribution in [0.25, 0.3) is 11.3 Å². The minimum Gasteiger partial charge on any atom is -0.406 e. The van der Waals surface area contributed by atoms with Crippen LogP contribution in [0.1, 0.15) is 59.1 Å². The Bertz CT molecular complexity index is 2850. The van der Waals surface area contributed by atoms with Crippen molar-refractivity contribution in [1.29, 1.82) is 5.41 Å². The van der Waals surface area contributed by atoms with Gasteiger partial charge in [0.15, 0.2) is 5.13 Å². The second-order valence-corrected chi connectivity index (χ2v) is 20.5. The molecule has 0 aliphatic carbocycles. The molecule has 400 valence electrons. The van der Waals surface area contributed by atoms with E-state index < -0.39 is 11.8 Å². The minimum absolute atomic E-state index is 0.142. The molecule has 24 heteroatoms. The third-order valence-corrected chi connectivity index (χ3v) is 12.0. The van der Waals surface area contributed by atoms with E-state index in [2.05, 4.69) is 61.6 Å². The number of nitrogens with two attached hydrogens (primary N) is 1. The summed E-state index contributed by atoms with van der Waals surface area (Å²) >= 11 is 7.47. The number of hydrogen-bond acceptors (Lipinski definition) is 18. The number of amides is 2. The number of thiazole rings is 1. The van der Waals surface area contributed by atoms with Gasteiger partial charge in [-0.3, -0.25) is 15.4 Å². The molecule has 3 heterocycles. The number of para-hydroxylation sites is 1. The highest BCUT2D eigenvalue weighted by Crippen LogP contribution is 2.30. The number of anilines is 6. The van der Waals surface area contributed by atoms with E-state index in [0.29, 0.717) is 125 Å². The van der Waals surface area contributed by atoms with Crippen molar-refractivity contribution in [3.05, 3.63) is 118 Å². The zero-order valence-corrected chi connectivity index (χ0v) is 44.0. The van der Waals surface area contributed by atoms with Gasteiger partial charge in [0, 0.05) is 72.5 Å². The van der Waals surface area contributed by atoms with Gasteiger partial charge < -0.3 is 51.5 Å². The van der Waals surface area contributed by atoms with E-state index in [1.165, 1.54) is 48.1 Å². The van der Waals surface area contributed by atoms with Crippen LogP contribution in [0.2, 0.25) is 5.02 Å². The molecule has 3 aromatic heterocycles. The Morgan fingerprint density at radius 2 is 1.57 bits per heavy atom. The summed E-state index contributed by atoms with van der Waals surface area (Å²) in [6.45, 7) is 15.9. The molecule has 75 heavy (non-hydrogen) atoms. The maximum Gasteiger partial charge on any atom is 0.573 e. The first-order valence-corrected chi connectivity index (χ1v) is 24.9. The molecule has 0 atom stereocenters. The van der Waals surface area contributed by atoms with Crippen LogP contribution in [0, 0.1) is 30.1 Å². The Kier molecular flexibility index (Phi) is 20.3. The molecule has 3 aromatic carbocycles. The van der Waals surface area contributed by atoms with E-state index in [-0.39, 0.29) is 36.1 Å². The molecule has 0 radical (unpaired) electrons. The fraction of sp³-hybridized carbons (Fsp3) is 0.373. The highest BCUT2D eigenvalue weighted by atomic mass is 35.5. The zero-order chi connectivity index (χ0) is 54.2. The number of benzene rings is 3. The third-order valence-electron chi connectivity index (χ3n) is 10.8. The molecule has 0 spiro atoms. The number of nitrogens with zero attached hydrogens (tertiary/aromatic N) is 6. The molecule has 0 saturated heterocycles. The van der Waals surface area contributed by atoms with Crippen LogP contribution in [0.5, 0.6) is 5.75 Å². The van der Waals surface area contributed by atoms with Crippen LogP contribution in [0.15, 0.2) is 91.4 Å².